The number of aromatic nitrogens is 2. The van der Waals surface area contributed by atoms with E-state index in [0.717, 1.165) is 12.0 Å². The fraction of sp³-hybridized carbons (Fsp3) is 0.429. The van der Waals surface area contributed by atoms with Crippen LogP contribution in [0.1, 0.15) is 17.9 Å². The van der Waals surface area contributed by atoms with Gasteiger partial charge in [0.15, 0.2) is 10.3 Å². The predicted molar refractivity (Wildman–Crippen MR) is 47.4 cm³/mol. The van der Waals surface area contributed by atoms with Gasteiger partial charge in [-0.15, -0.1) is 10.2 Å². The summed E-state index contributed by atoms with van der Waals surface area (Å²) in [6.45, 7) is 0. The first-order chi connectivity index (χ1) is 5.68. The molecular weight excluding hydrogens is 197 g/mol. The molecule has 1 saturated carbocycles. The fourth-order valence-corrected chi connectivity index (χ4v) is 1.59. The van der Waals surface area contributed by atoms with Gasteiger partial charge < -0.3 is 5.73 Å². The molecule has 0 spiro atoms. The van der Waals surface area contributed by atoms with Crippen molar-refractivity contribution in [3.05, 3.63) is 21.9 Å². The minimum absolute atomic E-state index is 0.211. The molecule has 2 atom stereocenters. The van der Waals surface area contributed by atoms with Crippen LogP contribution in [0.15, 0.2) is 6.07 Å². The van der Waals surface area contributed by atoms with Crippen molar-refractivity contribution in [1.82, 2.24) is 10.2 Å². The van der Waals surface area contributed by atoms with Gasteiger partial charge in [-0.25, -0.2) is 0 Å². The Kier molecular flexibility index (Phi) is 1.94. The lowest BCUT2D eigenvalue weighted by atomic mass is 10.2. The van der Waals surface area contributed by atoms with E-state index in [0.29, 0.717) is 16.2 Å². The third-order valence-corrected chi connectivity index (χ3v) is 2.46. The normalized spacial score (nSPS) is 27.2. The van der Waals surface area contributed by atoms with Crippen molar-refractivity contribution in [2.45, 2.75) is 18.4 Å². The van der Waals surface area contributed by atoms with Gasteiger partial charge in [-0.1, -0.05) is 23.2 Å². The van der Waals surface area contributed by atoms with Crippen molar-refractivity contribution in [3.8, 4) is 0 Å². The molecule has 64 valence electrons. The molecule has 12 heavy (non-hydrogen) atoms. The maximum Gasteiger partial charge on any atom is 0.155 e. The van der Waals surface area contributed by atoms with Crippen molar-refractivity contribution in [2.24, 2.45) is 5.73 Å². The van der Waals surface area contributed by atoms with Crippen LogP contribution < -0.4 is 5.73 Å². The molecule has 0 aromatic carbocycles. The lowest BCUT2D eigenvalue weighted by Crippen LogP contribution is -2.02. The van der Waals surface area contributed by atoms with Gasteiger partial charge >= 0.3 is 0 Å². The van der Waals surface area contributed by atoms with Crippen LogP contribution >= 0.6 is 23.2 Å². The lowest BCUT2D eigenvalue weighted by Gasteiger charge is -1.99. The van der Waals surface area contributed by atoms with E-state index < -0.39 is 0 Å². The molecule has 1 aromatic rings. The first-order valence-electron chi connectivity index (χ1n) is 3.62. The second-order valence-electron chi connectivity index (χ2n) is 2.92. The van der Waals surface area contributed by atoms with Crippen LogP contribution in [0.5, 0.6) is 0 Å². The Labute approximate surface area is 79.9 Å². The Balaban J connectivity index is 2.36. The number of hydrogen-bond donors (Lipinski definition) is 1. The van der Waals surface area contributed by atoms with E-state index in [1.807, 2.05) is 0 Å². The first kappa shape index (κ1) is 8.23. The molecule has 0 radical (unpaired) electrons. The molecule has 1 heterocycles. The van der Waals surface area contributed by atoms with Gasteiger partial charge in [-0.2, -0.15) is 0 Å². The van der Waals surface area contributed by atoms with E-state index in [1.165, 1.54) is 0 Å². The third-order valence-electron chi connectivity index (χ3n) is 1.99. The molecule has 0 aliphatic heterocycles. The molecular formula is C7H7Cl2N3. The molecule has 0 amide bonds. The Bertz CT molecular complexity index is 316. The minimum atomic E-state index is 0.211. The van der Waals surface area contributed by atoms with E-state index in [-0.39, 0.29) is 6.04 Å². The predicted octanol–water partition coefficient (Wildman–Crippen LogP) is 1.60. The van der Waals surface area contributed by atoms with Crippen LogP contribution in [0.4, 0.5) is 0 Å². The second-order valence-corrected chi connectivity index (χ2v) is 3.66. The van der Waals surface area contributed by atoms with Gasteiger partial charge in [-0.3, -0.25) is 0 Å². The van der Waals surface area contributed by atoms with Crippen LogP contribution in [-0.4, -0.2) is 16.2 Å². The SMILES string of the molecule is NC1CC1c1cc(Cl)nnc1Cl. The van der Waals surface area contributed by atoms with Gasteiger partial charge in [0, 0.05) is 12.0 Å². The summed E-state index contributed by atoms with van der Waals surface area (Å²) >= 11 is 11.5. The third kappa shape index (κ3) is 1.40. The summed E-state index contributed by atoms with van der Waals surface area (Å²) in [6.07, 6.45) is 0.960. The summed E-state index contributed by atoms with van der Waals surface area (Å²) < 4.78 is 0. The highest BCUT2D eigenvalue weighted by Gasteiger charge is 2.37. The van der Waals surface area contributed by atoms with E-state index in [9.17, 15) is 0 Å². The molecule has 5 heteroatoms. The minimum Gasteiger partial charge on any atom is -0.327 e. The summed E-state index contributed by atoms with van der Waals surface area (Å²) in [6, 6.07) is 1.94. The Morgan fingerprint density at radius 1 is 1.42 bits per heavy atom. The van der Waals surface area contributed by atoms with Gasteiger partial charge in [0.2, 0.25) is 0 Å². The van der Waals surface area contributed by atoms with Gasteiger partial charge in [-0.05, 0) is 18.1 Å². The number of nitrogens with zero attached hydrogens (tertiary/aromatic N) is 2. The van der Waals surface area contributed by atoms with Crippen molar-refractivity contribution in [2.75, 3.05) is 0 Å². The van der Waals surface area contributed by atoms with Gasteiger partial charge in [0.1, 0.15) is 0 Å². The molecule has 1 aliphatic carbocycles. The standard InChI is InChI=1S/C7H7Cl2N3/c8-6-2-4(3-1-5(3)10)7(9)12-11-6/h2-3,5H,1,10H2. The molecule has 2 rings (SSSR count). The Hall–Kier alpha value is -0.380. The van der Waals surface area contributed by atoms with E-state index in [4.69, 9.17) is 28.9 Å². The number of hydrogen-bond acceptors (Lipinski definition) is 3. The monoisotopic (exact) mass is 203 g/mol. The largest absolute Gasteiger partial charge is 0.327 e. The molecule has 3 nitrogen and oxygen atoms in total. The molecule has 2 N–H and O–H groups in total. The zero-order valence-electron chi connectivity index (χ0n) is 6.17. The van der Waals surface area contributed by atoms with Gasteiger partial charge in [0.25, 0.3) is 0 Å². The summed E-state index contributed by atoms with van der Waals surface area (Å²) in [5.41, 5.74) is 6.59. The average molecular weight is 204 g/mol. The van der Waals surface area contributed by atoms with Crippen LogP contribution in [-0.2, 0) is 0 Å². The quantitative estimate of drug-likeness (QED) is 0.755. The molecule has 0 bridgehead atoms. The summed E-state index contributed by atoms with van der Waals surface area (Å²) in [7, 11) is 0. The van der Waals surface area contributed by atoms with Crippen LogP contribution in [0.2, 0.25) is 10.3 Å². The molecule has 2 unspecified atom stereocenters. The smallest absolute Gasteiger partial charge is 0.155 e. The maximum absolute atomic E-state index is 5.81. The van der Waals surface area contributed by atoms with E-state index in [1.54, 1.807) is 6.07 Å². The molecule has 1 fully saturated rings. The fourth-order valence-electron chi connectivity index (χ4n) is 1.20. The summed E-state index contributed by atoms with van der Waals surface area (Å²) in [4.78, 5) is 0. The summed E-state index contributed by atoms with van der Waals surface area (Å²) in [5.74, 6) is 0.325. The molecule has 1 aliphatic rings. The molecule has 1 aromatic heterocycles. The molecule has 0 saturated heterocycles. The topological polar surface area (TPSA) is 51.8 Å². The summed E-state index contributed by atoms with van der Waals surface area (Å²) in [5, 5.41) is 8.10. The highest BCUT2D eigenvalue weighted by Crippen LogP contribution is 2.41. The van der Waals surface area contributed by atoms with Crippen LogP contribution in [0.3, 0.4) is 0 Å². The highest BCUT2D eigenvalue weighted by molar-refractivity contribution is 6.31. The Morgan fingerprint density at radius 2 is 2.08 bits per heavy atom. The number of halogens is 2. The highest BCUT2D eigenvalue weighted by atomic mass is 35.5. The van der Waals surface area contributed by atoms with Crippen LogP contribution in [0.25, 0.3) is 0 Å². The number of rotatable bonds is 1. The van der Waals surface area contributed by atoms with Crippen molar-refractivity contribution in [1.29, 1.82) is 0 Å². The Morgan fingerprint density at radius 3 is 2.67 bits per heavy atom. The number of nitrogens with two attached hydrogens (primary N) is 1. The second kappa shape index (κ2) is 2.83. The lowest BCUT2D eigenvalue weighted by molar-refractivity contribution is 0.942. The van der Waals surface area contributed by atoms with E-state index >= 15 is 0 Å². The average Bonchev–Trinajstić information content (AvgIpc) is 2.73. The van der Waals surface area contributed by atoms with Gasteiger partial charge in [0.05, 0.1) is 0 Å². The maximum atomic E-state index is 5.81. The zero-order chi connectivity index (χ0) is 8.72. The van der Waals surface area contributed by atoms with E-state index in [2.05, 4.69) is 10.2 Å². The first-order valence-corrected chi connectivity index (χ1v) is 4.38. The van der Waals surface area contributed by atoms with Crippen molar-refractivity contribution < 1.29 is 0 Å². The zero-order valence-corrected chi connectivity index (χ0v) is 7.68. The van der Waals surface area contributed by atoms with Crippen molar-refractivity contribution >= 4 is 23.2 Å². The van der Waals surface area contributed by atoms with Crippen LogP contribution in [0, 0.1) is 0 Å². The van der Waals surface area contributed by atoms with Crippen molar-refractivity contribution in [3.63, 3.8) is 0 Å².